The van der Waals surface area contributed by atoms with Gasteiger partial charge in [0.1, 0.15) is 0 Å². The Morgan fingerprint density at radius 2 is 2.18 bits per heavy atom. The molecule has 2 bridgehead atoms. The summed E-state index contributed by atoms with van der Waals surface area (Å²) in [4.78, 5) is 10.8. The Bertz CT molecular complexity index is 193. The second-order valence-electron chi connectivity index (χ2n) is 3.76. The predicted molar refractivity (Wildman–Crippen MR) is 39.9 cm³/mol. The van der Waals surface area contributed by atoms with Crippen molar-refractivity contribution < 1.29 is 9.90 Å². The van der Waals surface area contributed by atoms with Crippen molar-refractivity contribution >= 4 is 5.97 Å². The molecule has 62 valence electrons. The summed E-state index contributed by atoms with van der Waals surface area (Å²) in [6, 6.07) is 0.162. The van der Waals surface area contributed by atoms with Crippen molar-refractivity contribution in [1.29, 1.82) is 0 Å². The topological polar surface area (TPSA) is 63.3 Å². The van der Waals surface area contributed by atoms with Gasteiger partial charge in [0.05, 0.1) is 5.92 Å². The number of hydrogen-bond donors (Lipinski definition) is 2. The fourth-order valence-electron chi connectivity index (χ4n) is 2.77. The molecule has 2 saturated carbocycles. The molecule has 2 fully saturated rings. The van der Waals surface area contributed by atoms with Gasteiger partial charge in [0, 0.05) is 6.04 Å². The molecule has 2 rings (SSSR count). The summed E-state index contributed by atoms with van der Waals surface area (Å²) in [6.07, 6.45) is 3.04. The number of aliphatic carboxylic acids is 1. The van der Waals surface area contributed by atoms with Crippen LogP contribution in [0.3, 0.4) is 0 Å². The fraction of sp³-hybridized carbons (Fsp3) is 0.875. The van der Waals surface area contributed by atoms with E-state index in [1.165, 1.54) is 0 Å². The standard InChI is InChI=1S/C8H13NO2/c9-6-3-4-1-2-5(6)7(4)8(10)11/h4-7H,1-3,9H2,(H,10,11). The van der Waals surface area contributed by atoms with Crippen LogP contribution in [-0.2, 0) is 4.79 Å². The lowest BCUT2D eigenvalue weighted by Gasteiger charge is -2.15. The summed E-state index contributed by atoms with van der Waals surface area (Å²) in [5, 5.41) is 8.86. The van der Waals surface area contributed by atoms with Gasteiger partial charge in [-0.05, 0) is 31.1 Å². The van der Waals surface area contributed by atoms with E-state index in [0.717, 1.165) is 19.3 Å². The summed E-state index contributed by atoms with van der Waals surface area (Å²) in [6.45, 7) is 0. The normalized spacial score (nSPS) is 48.1. The van der Waals surface area contributed by atoms with E-state index in [1.807, 2.05) is 0 Å². The van der Waals surface area contributed by atoms with E-state index in [0.29, 0.717) is 5.92 Å². The molecule has 0 aromatic rings. The molecular formula is C8H13NO2. The molecule has 0 spiro atoms. The Morgan fingerprint density at radius 3 is 2.45 bits per heavy atom. The minimum atomic E-state index is -0.634. The van der Waals surface area contributed by atoms with Gasteiger partial charge in [-0.3, -0.25) is 4.79 Å². The van der Waals surface area contributed by atoms with E-state index in [9.17, 15) is 4.79 Å². The molecule has 0 amide bonds. The second-order valence-corrected chi connectivity index (χ2v) is 3.76. The average Bonchev–Trinajstić information content (AvgIpc) is 2.41. The van der Waals surface area contributed by atoms with E-state index in [4.69, 9.17) is 10.8 Å². The van der Waals surface area contributed by atoms with E-state index in [-0.39, 0.29) is 17.9 Å². The van der Waals surface area contributed by atoms with Crippen molar-refractivity contribution in [2.45, 2.75) is 25.3 Å². The summed E-state index contributed by atoms with van der Waals surface area (Å²) in [5.74, 6) is -0.0968. The number of nitrogens with two attached hydrogens (primary N) is 1. The highest BCUT2D eigenvalue weighted by atomic mass is 16.4. The maximum atomic E-state index is 10.8. The maximum absolute atomic E-state index is 10.8. The van der Waals surface area contributed by atoms with Crippen LogP contribution in [0.1, 0.15) is 19.3 Å². The molecule has 0 radical (unpaired) electrons. The molecule has 4 atom stereocenters. The summed E-state index contributed by atoms with van der Waals surface area (Å²) in [5.41, 5.74) is 5.78. The lowest BCUT2D eigenvalue weighted by atomic mass is 9.95. The molecule has 0 aromatic heterocycles. The third-order valence-electron chi connectivity index (χ3n) is 3.25. The SMILES string of the molecule is NC1CC2CCC1C2C(=O)O. The molecule has 2 aliphatic rings. The van der Waals surface area contributed by atoms with Crippen LogP contribution in [-0.4, -0.2) is 17.1 Å². The van der Waals surface area contributed by atoms with E-state index < -0.39 is 5.97 Å². The third kappa shape index (κ3) is 0.872. The van der Waals surface area contributed by atoms with Crippen molar-refractivity contribution in [3.63, 3.8) is 0 Å². The molecule has 3 heteroatoms. The number of fused-ring (bicyclic) bond motifs is 2. The monoisotopic (exact) mass is 155 g/mol. The lowest BCUT2D eigenvalue weighted by Crippen LogP contribution is -2.29. The largest absolute Gasteiger partial charge is 0.481 e. The highest BCUT2D eigenvalue weighted by molar-refractivity contribution is 5.72. The highest BCUT2D eigenvalue weighted by Crippen LogP contribution is 2.48. The summed E-state index contributed by atoms with van der Waals surface area (Å²) in [7, 11) is 0. The molecule has 0 heterocycles. The first-order valence-electron chi connectivity index (χ1n) is 4.18. The fourth-order valence-corrected chi connectivity index (χ4v) is 2.77. The first-order chi connectivity index (χ1) is 5.20. The molecule has 11 heavy (non-hydrogen) atoms. The highest BCUT2D eigenvalue weighted by Gasteiger charge is 2.50. The van der Waals surface area contributed by atoms with Crippen LogP contribution in [0.4, 0.5) is 0 Å². The molecule has 0 saturated heterocycles. The van der Waals surface area contributed by atoms with Crippen molar-refractivity contribution in [3.05, 3.63) is 0 Å². The molecule has 0 aliphatic heterocycles. The van der Waals surface area contributed by atoms with Gasteiger partial charge in [0.15, 0.2) is 0 Å². The third-order valence-corrected chi connectivity index (χ3v) is 3.25. The molecular weight excluding hydrogens is 142 g/mol. The zero-order chi connectivity index (χ0) is 8.01. The number of carboxylic acid groups (broad SMARTS) is 1. The second kappa shape index (κ2) is 2.21. The van der Waals surface area contributed by atoms with Crippen LogP contribution >= 0.6 is 0 Å². The summed E-state index contributed by atoms with van der Waals surface area (Å²) >= 11 is 0. The summed E-state index contributed by atoms with van der Waals surface area (Å²) < 4.78 is 0. The Hall–Kier alpha value is -0.570. The van der Waals surface area contributed by atoms with Gasteiger partial charge in [-0.15, -0.1) is 0 Å². The Labute approximate surface area is 65.6 Å². The quantitative estimate of drug-likeness (QED) is 0.577. The Balaban J connectivity index is 2.19. The average molecular weight is 155 g/mol. The van der Waals surface area contributed by atoms with Gasteiger partial charge in [0.25, 0.3) is 0 Å². The molecule has 0 aromatic carbocycles. The van der Waals surface area contributed by atoms with E-state index in [1.54, 1.807) is 0 Å². The van der Waals surface area contributed by atoms with Crippen molar-refractivity contribution in [3.8, 4) is 0 Å². The first kappa shape index (κ1) is 7.10. The maximum Gasteiger partial charge on any atom is 0.307 e. The Morgan fingerprint density at radius 1 is 1.45 bits per heavy atom. The van der Waals surface area contributed by atoms with Crippen LogP contribution in [0.2, 0.25) is 0 Å². The van der Waals surface area contributed by atoms with Crippen molar-refractivity contribution in [1.82, 2.24) is 0 Å². The molecule has 3 N–H and O–H groups in total. The van der Waals surface area contributed by atoms with Crippen LogP contribution < -0.4 is 5.73 Å². The van der Waals surface area contributed by atoms with Crippen LogP contribution in [0.25, 0.3) is 0 Å². The van der Waals surface area contributed by atoms with E-state index in [2.05, 4.69) is 0 Å². The predicted octanol–water partition coefficient (Wildman–Crippen LogP) is 0.444. The Kier molecular flexibility index (Phi) is 1.42. The van der Waals surface area contributed by atoms with Gasteiger partial charge in [-0.1, -0.05) is 0 Å². The molecule has 3 nitrogen and oxygen atoms in total. The minimum Gasteiger partial charge on any atom is -0.481 e. The van der Waals surface area contributed by atoms with Gasteiger partial charge < -0.3 is 10.8 Å². The van der Waals surface area contributed by atoms with Gasteiger partial charge in [-0.2, -0.15) is 0 Å². The van der Waals surface area contributed by atoms with Gasteiger partial charge in [0.2, 0.25) is 0 Å². The van der Waals surface area contributed by atoms with Gasteiger partial charge >= 0.3 is 5.97 Å². The van der Waals surface area contributed by atoms with Crippen LogP contribution in [0.15, 0.2) is 0 Å². The lowest BCUT2D eigenvalue weighted by molar-refractivity contribution is -0.143. The number of carboxylic acids is 1. The van der Waals surface area contributed by atoms with Crippen molar-refractivity contribution in [2.24, 2.45) is 23.5 Å². The molecule has 4 unspecified atom stereocenters. The van der Waals surface area contributed by atoms with E-state index >= 15 is 0 Å². The molecule has 2 aliphatic carbocycles. The zero-order valence-corrected chi connectivity index (χ0v) is 6.36. The number of rotatable bonds is 1. The van der Waals surface area contributed by atoms with Crippen LogP contribution in [0.5, 0.6) is 0 Å². The van der Waals surface area contributed by atoms with Crippen LogP contribution in [0, 0.1) is 17.8 Å². The minimum absolute atomic E-state index is 0.120. The first-order valence-corrected chi connectivity index (χ1v) is 4.18. The van der Waals surface area contributed by atoms with Crippen molar-refractivity contribution in [2.75, 3.05) is 0 Å². The number of hydrogen-bond acceptors (Lipinski definition) is 2. The van der Waals surface area contributed by atoms with Gasteiger partial charge in [-0.25, -0.2) is 0 Å². The smallest absolute Gasteiger partial charge is 0.307 e. The number of carbonyl (C=O) groups is 1. The zero-order valence-electron chi connectivity index (χ0n) is 6.36.